The van der Waals surface area contributed by atoms with E-state index in [9.17, 15) is 0 Å². The summed E-state index contributed by atoms with van der Waals surface area (Å²) in [5, 5.41) is 12.6. The molecule has 5 nitrogen and oxygen atoms in total. The van der Waals surface area contributed by atoms with E-state index in [4.69, 9.17) is 17.3 Å². The van der Waals surface area contributed by atoms with Gasteiger partial charge >= 0.3 is 0 Å². The molecule has 1 unspecified atom stereocenters. The third-order valence-electron chi connectivity index (χ3n) is 3.37. The molecule has 1 aromatic heterocycles. The summed E-state index contributed by atoms with van der Waals surface area (Å²) in [5.41, 5.74) is 7.16. The predicted molar refractivity (Wildman–Crippen MR) is 81.5 cm³/mol. The highest BCUT2D eigenvalue weighted by Gasteiger charge is 2.16. The molecule has 0 aliphatic rings. The van der Waals surface area contributed by atoms with Gasteiger partial charge in [0.2, 0.25) is 0 Å². The maximum absolute atomic E-state index is 6.24. The summed E-state index contributed by atoms with van der Waals surface area (Å²) in [4.78, 5) is 0. The Balaban J connectivity index is 2.23. The van der Waals surface area contributed by atoms with Crippen LogP contribution in [-0.4, -0.2) is 20.2 Å². The summed E-state index contributed by atoms with van der Waals surface area (Å²) in [6, 6.07) is 5.64. The molecule has 6 heteroatoms. The van der Waals surface area contributed by atoms with Gasteiger partial charge in [-0.1, -0.05) is 37.8 Å². The first-order chi connectivity index (χ1) is 9.63. The number of tetrazole rings is 1. The fourth-order valence-electron chi connectivity index (χ4n) is 2.19. The zero-order chi connectivity index (χ0) is 14.5. The molecular formula is C14H20ClN5. The highest BCUT2D eigenvalue weighted by atomic mass is 35.5. The lowest BCUT2D eigenvalue weighted by atomic mass is 10.1. The monoisotopic (exact) mass is 293 g/mol. The third kappa shape index (κ3) is 3.28. The lowest BCUT2D eigenvalue weighted by molar-refractivity contribution is 0.432. The Kier molecular flexibility index (Phi) is 4.95. The number of hydrogen-bond donors (Lipinski definition) is 1. The first-order valence-corrected chi connectivity index (χ1v) is 7.34. The molecule has 0 spiro atoms. The van der Waals surface area contributed by atoms with E-state index < -0.39 is 0 Å². The van der Waals surface area contributed by atoms with E-state index in [1.54, 1.807) is 6.07 Å². The van der Waals surface area contributed by atoms with Gasteiger partial charge in [-0.3, -0.25) is 0 Å². The molecule has 0 bridgehead atoms. The zero-order valence-electron chi connectivity index (χ0n) is 11.9. The van der Waals surface area contributed by atoms with Crippen LogP contribution in [0.15, 0.2) is 18.2 Å². The maximum atomic E-state index is 6.24. The Morgan fingerprint density at radius 2 is 2.15 bits per heavy atom. The zero-order valence-corrected chi connectivity index (χ0v) is 12.6. The third-order valence-corrected chi connectivity index (χ3v) is 3.68. The Morgan fingerprint density at radius 3 is 2.85 bits per heavy atom. The number of unbranched alkanes of at least 4 members (excludes halogenated alkanes) is 2. The van der Waals surface area contributed by atoms with Crippen molar-refractivity contribution in [1.29, 1.82) is 0 Å². The van der Waals surface area contributed by atoms with Gasteiger partial charge < -0.3 is 5.73 Å². The highest BCUT2D eigenvalue weighted by Crippen LogP contribution is 2.29. The second-order valence-electron chi connectivity index (χ2n) is 5.03. The normalized spacial score (nSPS) is 12.6. The van der Waals surface area contributed by atoms with Crippen LogP contribution in [-0.2, 0) is 0 Å². The van der Waals surface area contributed by atoms with Crippen LogP contribution in [0, 0.1) is 0 Å². The van der Waals surface area contributed by atoms with Gasteiger partial charge in [0.05, 0.1) is 11.1 Å². The SMILES string of the molecule is CCCCCC(C)n1nnnc1-c1ccc(N)cc1Cl. The molecule has 1 heterocycles. The predicted octanol–water partition coefficient (Wildman–Crippen LogP) is 3.72. The van der Waals surface area contributed by atoms with Crippen molar-refractivity contribution in [2.24, 2.45) is 0 Å². The minimum absolute atomic E-state index is 0.250. The van der Waals surface area contributed by atoms with Crippen molar-refractivity contribution in [3.05, 3.63) is 23.2 Å². The molecule has 0 aliphatic heterocycles. The Hall–Kier alpha value is -1.62. The van der Waals surface area contributed by atoms with E-state index in [2.05, 4.69) is 29.4 Å². The fraction of sp³-hybridized carbons (Fsp3) is 0.500. The van der Waals surface area contributed by atoms with Crippen LogP contribution in [0.25, 0.3) is 11.4 Å². The van der Waals surface area contributed by atoms with Gasteiger partial charge in [-0.05, 0) is 42.0 Å². The summed E-state index contributed by atoms with van der Waals surface area (Å²) in [6.45, 7) is 4.32. The van der Waals surface area contributed by atoms with Gasteiger partial charge in [0.15, 0.2) is 5.82 Å². The molecule has 0 radical (unpaired) electrons. The summed E-state index contributed by atoms with van der Waals surface area (Å²) in [6.07, 6.45) is 4.66. The summed E-state index contributed by atoms with van der Waals surface area (Å²) in [5.74, 6) is 0.694. The molecule has 1 atom stereocenters. The first-order valence-electron chi connectivity index (χ1n) is 6.96. The number of aromatic nitrogens is 4. The molecular weight excluding hydrogens is 274 g/mol. The molecule has 20 heavy (non-hydrogen) atoms. The van der Waals surface area contributed by atoms with E-state index in [1.165, 1.54) is 19.3 Å². The number of nitrogens with two attached hydrogens (primary N) is 1. The van der Waals surface area contributed by atoms with Crippen LogP contribution < -0.4 is 5.73 Å². The van der Waals surface area contributed by atoms with E-state index in [0.717, 1.165) is 12.0 Å². The minimum atomic E-state index is 0.250. The average molecular weight is 294 g/mol. The second-order valence-corrected chi connectivity index (χ2v) is 5.44. The lowest BCUT2D eigenvalue weighted by Crippen LogP contribution is -2.09. The van der Waals surface area contributed by atoms with Gasteiger partial charge in [0.1, 0.15) is 0 Å². The largest absolute Gasteiger partial charge is 0.399 e. The number of nitrogen functional groups attached to an aromatic ring is 1. The number of halogens is 1. The van der Waals surface area contributed by atoms with Crippen molar-refractivity contribution in [2.75, 3.05) is 5.73 Å². The van der Waals surface area contributed by atoms with E-state index in [1.807, 2.05) is 16.8 Å². The number of anilines is 1. The van der Waals surface area contributed by atoms with Crippen LogP contribution in [0.5, 0.6) is 0 Å². The van der Waals surface area contributed by atoms with E-state index in [0.29, 0.717) is 16.5 Å². The molecule has 2 rings (SSSR count). The molecule has 0 amide bonds. The lowest BCUT2D eigenvalue weighted by Gasteiger charge is -2.13. The standard InChI is InChI=1S/C14H20ClN5/c1-3-4-5-6-10(2)20-14(17-18-19-20)12-8-7-11(16)9-13(12)15/h7-10H,3-6,16H2,1-2H3. The van der Waals surface area contributed by atoms with Gasteiger partial charge in [0.25, 0.3) is 0 Å². The van der Waals surface area contributed by atoms with Crippen molar-refractivity contribution in [3.8, 4) is 11.4 Å². The van der Waals surface area contributed by atoms with Gasteiger partial charge in [-0.2, -0.15) is 0 Å². The fourth-order valence-corrected chi connectivity index (χ4v) is 2.47. The smallest absolute Gasteiger partial charge is 0.183 e. The van der Waals surface area contributed by atoms with Crippen LogP contribution in [0.3, 0.4) is 0 Å². The second kappa shape index (κ2) is 6.70. The molecule has 1 aromatic carbocycles. The Morgan fingerprint density at radius 1 is 1.35 bits per heavy atom. The molecule has 0 aliphatic carbocycles. The number of hydrogen-bond acceptors (Lipinski definition) is 4. The molecule has 2 aromatic rings. The van der Waals surface area contributed by atoms with Crippen LogP contribution in [0.1, 0.15) is 45.6 Å². The van der Waals surface area contributed by atoms with E-state index in [-0.39, 0.29) is 6.04 Å². The van der Waals surface area contributed by atoms with Gasteiger partial charge in [-0.15, -0.1) is 5.10 Å². The summed E-state index contributed by atoms with van der Waals surface area (Å²) >= 11 is 6.24. The highest BCUT2D eigenvalue weighted by molar-refractivity contribution is 6.33. The van der Waals surface area contributed by atoms with Gasteiger partial charge in [-0.25, -0.2) is 4.68 Å². The number of benzene rings is 1. The quantitative estimate of drug-likeness (QED) is 0.651. The average Bonchev–Trinajstić information content (AvgIpc) is 2.88. The van der Waals surface area contributed by atoms with Crippen molar-refractivity contribution < 1.29 is 0 Å². The molecule has 0 fully saturated rings. The van der Waals surface area contributed by atoms with Crippen molar-refractivity contribution in [1.82, 2.24) is 20.2 Å². The number of rotatable bonds is 6. The summed E-state index contributed by atoms with van der Waals surface area (Å²) in [7, 11) is 0. The van der Waals surface area contributed by atoms with Crippen molar-refractivity contribution >= 4 is 17.3 Å². The molecule has 2 N–H and O–H groups in total. The van der Waals surface area contributed by atoms with Crippen LogP contribution >= 0.6 is 11.6 Å². The van der Waals surface area contributed by atoms with E-state index >= 15 is 0 Å². The van der Waals surface area contributed by atoms with Gasteiger partial charge in [0, 0.05) is 11.3 Å². The van der Waals surface area contributed by atoms with Crippen molar-refractivity contribution in [3.63, 3.8) is 0 Å². The topological polar surface area (TPSA) is 69.6 Å². The maximum Gasteiger partial charge on any atom is 0.183 e. The summed E-state index contributed by atoms with van der Waals surface area (Å²) < 4.78 is 1.84. The minimum Gasteiger partial charge on any atom is -0.399 e. The van der Waals surface area contributed by atoms with Crippen LogP contribution in [0.2, 0.25) is 5.02 Å². The Bertz CT molecular complexity index is 566. The number of nitrogens with zero attached hydrogens (tertiary/aromatic N) is 4. The Labute approximate surface area is 124 Å². The molecule has 108 valence electrons. The molecule has 0 saturated carbocycles. The first kappa shape index (κ1) is 14.8. The molecule has 0 saturated heterocycles. The van der Waals surface area contributed by atoms with Crippen molar-refractivity contribution in [2.45, 2.75) is 45.6 Å². The van der Waals surface area contributed by atoms with Crippen LogP contribution in [0.4, 0.5) is 5.69 Å².